The average Bonchev–Trinajstić information content (AvgIpc) is 3.26. The van der Waals surface area contributed by atoms with Crippen molar-refractivity contribution in [2.24, 2.45) is 11.5 Å². The van der Waals surface area contributed by atoms with Crippen molar-refractivity contribution in [2.45, 2.75) is 63.2 Å². The number of rotatable bonds is 15. The van der Waals surface area contributed by atoms with Gasteiger partial charge in [-0.2, -0.15) is 0 Å². The Morgan fingerprint density at radius 2 is 1.62 bits per heavy atom. The number of aromatic amines is 1. The third-order valence-electron chi connectivity index (χ3n) is 4.66. The highest BCUT2D eigenvalue weighted by Gasteiger charge is 2.29. The number of hydrogen-bond donors (Lipinski definition) is 8. The number of carboxylic acid groups (broad SMARTS) is 2. The topological polar surface area (TPSA) is 260 Å². The second kappa shape index (κ2) is 13.5. The Labute approximate surface area is 194 Å². The van der Waals surface area contributed by atoms with Crippen molar-refractivity contribution in [1.29, 1.82) is 0 Å². The number of imidazole rings is 1. The van der Waals surface area contributed by atoms with E-state index in [0.29, 0.717) is 5.69 Å². The van der Waals surface area contributed by atoms with Gasteiger partial charge in [0, 0.05) is 31.2 Å². The standard InChI is InChI=1S/C19H29N7O8/c1-9(24-17(31)11(20)2-5-15(28)29)16(30)26-13(6-10-7-22-8-23-10)18(32)25-12(19(33)34)3-4-14(21)27/h7-9,11-13H,2-6,20H2,1H3,(H2,21,27)(H,22,23)(H,24,31)(H,25,32)(H,26,30)(H,28,29)(H,33,34). The van der Waals surface area contributed by atoms with Crippen LogP contribution in [0.5, 0.6) is 0 Å². The molecule has 4 atom stereocenters. The van der Waals surface area contributed by atoms with Gasteiger partial charge in [-0.05, 0) is 19.8 Å². The molecule has 34 heavy (non-hydrogen) atoms. The summed E-state index contributed by atoms with van der Waals surface area (Å²) in [6.07, 6.45) is 1.67. The molecule has 0 radical (unpaired) electrons. The molecule has 1 rings (SSSR count). The zero-order valence-electron chi connectivity index (χ0n) is 18.4. The van der Waals surface area contributed by atoms with Crippen molar-refractivity contribution in [3.63, 3.8) is 0 Å². The number of nitrogens with one attached hydrogen (secondary N) is 4. The lowest BCUT2D eigenvalue weighted by molar-refractivity contribution is -0.142. The van der Waals surface area contributed by atoms with E-state index in [4.69, 9.17) is 16.6 Å². The first kappa shape index (κ1) is 28.0. The third-order valence-corrected chi connectivity index (χ3v) is 4.66. The number of primary amides is 1. The van der Waals surface area contributed by atoms with Gasteiger partial charge in [0.05, 0.1) is 12.4 Å². The highest BCUT2D eigenvalue weighted by Crippen LogP contribution is 2.04. The van der Waals surface area contributed by atoms with Crippen LogP contribution in [-0.4, -0.2) is 79.9 Å². The van der Waals surface area contributed by atoms with Gasteiger partial charge in [0.15, 0.2) is 0 Å². The molecule has 4 amide bonds. The molecule has 188 valence electrons. The quantitative estimate of drug-likeness (QED) is 0.125. The summed E-state index contributed by atoms with van der Waals surface area (Å²) in [5, 5.41) is 25.0. The van der Waals surface area contributed by atoms with E-state index >= 15 is 0 Å². The molecule has 1 heterocycles. The molecule has 15 nitrogen and oxygen atoms in total. The minimum atomic E-state index is -1.43. The van der Waals surface area contributed by atoms with Crippen molar-refractivity contribution in [3.8, 4) is 0 Å². The average molecular weight is 483 g/mol. The van der Waals surface area contributed by atoms with Crippen molar-refractivity contribution >= 4 is 35.6 Å². The molecule has 0 bridgehead atoms. The number of aromatic nitrogens is 2. The highest BCUT2D eigenvalue weighted by atomic mass is 16.4. The van der Waals surface area contributed by atoms with Gasteiger partial charge in [-0.1, -0.05) is 0 Å². The van der Waals surface area contributed by atoms with Gasteiger partial charge < -0.3 is 42.6 Å². The SMILES string of the molecule is CC(NC(=O)C(N)CCC(=O)O)C(=O)NC(Cc1cnc[nH]1)C(=O)NC(CCC(N)=O)C(=O)O. The van der Waals surface area contributed by atoms with Crippen molar-refractivity contribution in [2.75, 3.05) is 0 Å². The van der Waals surface area contributed by atoms with E-state index in [1.165, 1.54) is 19.4 Å². The highest BCUT2D eigenvalue weighted by molar-refractivity contribution is 5.94. The normalized spacial score (nSPS) is 14.2. The molecule has 1 aromatic rings. The van der Waals surface area contributed by atoms with Crippen LogP contribution in [0.15, 0.2) is 12.5 Å². The number of H-pyrrole nitrogens is 1. The molecule has 1 aromatic heterocycles. The van der Waals surface area contributed by atoms with E-state index in [-0.39, 0.29) is 32.1 Å². The minimum absolute atomic E-state index is 0.0848. The van der Waals surface area contributed by atoms with Crippen LogP contribution in [0.1, 0.15) is 38.3 Å². The lowest BCUT2D eigenvalue weighted by Gasteiger charge is -2.23. The first-order valence-corrected chi connectivity index (χ1v) is 10.3. The van der Waals surface area contributed by atoms with E-state index < -0.39 is 59.7 Å². The molecule has 0 spiro atoms. The monoisotopic (exact) mass is 483 g/mol. The number of carbonyl (C=O) groups excluding carboxylic acids is 4. The van der Waals surface area contributed by atoms with E-state index in [1.807, 2.05) is 0 Å². The molecule has 15 heteroatoms. The number of nitrogens with zero attached hydrogens (tertiary/aromatic N) is 1. The Balaban J connectivity index is 2.85. The maximum Gasteiger partial charge on any atom is 0.326 e. The lowest BCUT2D eigenvalue weighted by Crippen LogP contribution is -2.57. The van der Waals surface area contributed by atoms with Crippen LogP contribution in [0.25, 0.3) is 0 Å². The smallest absolute Gasteiger partial charge is 0.326 e. The summed E-state index contributed by atoms with van der Waals surface area (Å²) in [4.78, 5) is 77.0. The van der Waals surface area contributed by atoms with Crippen molar-refractivity contribution in [1.82, 2.24) is 25.9 Å². The van der Waals surface area contributed by atoms with Gasteiger partial charge >= 0.3 is 11.9 Å². The molecule has 0 aromatic carbocycles. The molecular weight excluding hydrogens is 454 g/mol. The van der Waals surface area contributed by atoms with Crippen LogP contribution in [0.2, 0.25) is 0 Å². The van der Waals surface area contributed by atoms with E-state index in [0.717, 1.165) is 0 Å². The van der Waals surface area contributed by atoms with Crippen LogP contribution in [0.3, 0.4) is 0 Å². The van der Waals surface area contributed by atoms with Crippen molar-refractivity contribution < 1.29 is 39.0 Å². The summed E-state index contributed by atoms with van der Waals surface area (Å²) in [6.45, 7) is 1.33. The summed E-state index contributed by atoms with van der Waals surface area (Å²) in [6, 6.07) is -4.99. The summed E-state index contributed by atoms with van der Waals surface area (Å²) >= 11 is 0. The summed E-state index contributed by atoms with van der Waals surface area (Å²) < 4.78 is 0. The fourth-order valence-corrected chi connectivity index (χ4v) is 2.73. The van der Waals surface area contributed by atoms with E-state index in [9.17, 15) is 33.9 Å². The fraction of sp³-hybridized carbons (Fsp3) is 0.526. The maximum absolute atomic E-state index is 12.8. The number of carbonyl (C=O) groups is 6. The number of aliphatic carboxylic acids is 2. The number of carboxylic acids is 2. The zero-order chi connectivity index (χ0) is 25.8. The summed E-state index contributed by atoms with van der Waals surface area (Å²) in [5.74, 6) is -5.64. The predicted octanol–water partition coefficient (Wildman–Crippen LogP) is -3.03. The minimum Gasteiger partial charge on any atom is -0.481 e. The van der Waals surface area contributed by atoms with E-state index in [1.54, 1.807) is 0 Å². The molecule has 0 saturated carbocycles. The molecule has 0 saturated heterocycles. The lowest BCUT2D eigenvalue weighted by atomic mass is 10.1. The molecular formula is C19H29N7O8. The second-order valence-electron chi connectivity index (χ2n) is 7.52. The molecule has 4 unspecified atom stereocenters. The summed E-state index contributed by atoms with van der Waals surface area (Å²) in [5.41, 5.74) is 11.1. The Kier molecular flexibility index (Phi) is 11.1. The van der Waals surface area contributed by atoms with Gasteiger partial charge in [0.25, 0.3) is 0 Å². The molecule has 0 aliphatic rings. The number of amides is 4. The summed E-state index contributed by atoms with van der Waals surface area (Å²) in [7, 11) is 0. The second-order valence-corrected chi connectivity index (χ2v) is 7.52. The number of hydrogen-bond acceptors (Lipinski definition) is 8. The largest absolute Gasteiger partial charge is 0.481 e. The first-order chi connectivity index (χ1) is 15.9. The van der Waals surface area contributed by atoms with Gasteiger partial charge in [0.1, 0.15) is 18.1 Å². The van der Waals surface area contributed by atoms with Gasteiger partial charge in [-0.25, -0.2) is 9.78 Å². The van der Waals surface area contributed by atoms with Gasteiger partial charge in [-0.3, -0.25) is 24.0 Å². The Morgan fingerprint density at radius 3 is 2.15 bits per heavy atom. The Morgan fingerprint density at radius 1 is 0.971 bits per heavy atom. The maximum atomic E-state index is 12.8. The van der Waals surface area contributed by atoms with Crippen molar-refractivity contribution in [3.05, 3.63) is 18.2 Å². The first-order valence-electron chi connectivity index (χ1n) is 10.3. The van der Waals surface area contributed by atoms with Crippen LogP contribution in [-0.2, 0) is 35.2 Å². The van der Waals surface area contributed by atoms with Crippen LogP contribution < -0.4 is 27.4 Å². The Bertz CT molecular complexity index is 889. The Hall–Kier alpha value is -4.01. The van der Waals surface area contributed by atoms with Gasteiger partial charge in [0.2, 0.25) is 23.6 Å². The molecule has 0 aliphatic heterocycles. The molecule has 0 fully saturated rings. The van der Waals surface area contributed by atoms with Crippen LogP contribution >= 0.6 is 0 Å². The fourth-order valence-electron chi connectivity index (χ4n) is 2.73. The van der Waals surface area contributed by atoms with E-state index in [2.05, 4.69) is 25.9 Å². The number of nitrogens with two attached hydrogens (primary N) is 2. The van der Waals surface area contributed by atoms with Crippen LogP contribution in [0.4, 0.5) is 0 Å². The molecule has 0 aliphatic carbocycles. The van der Waals surface area contributed by atoms with Crippen LogP contribution in [0, 0.1) is 0 Å². The third kappa shape index (κ3) is 10.1. The molecule has 10 N–H and O–H groups in total. The van der Waals surface area contributed by atoms with Gasteiger partial charge in [-0.15, -0.1) is 0 Å². The predicted molar refractivity (Wildman–Crippen MR) is 115 cm³/mol. The zero-order valence-corrected chi connectivity index (χ0v) is 18.4.